The standard InChI is InChI=1S/C21H19NO5/c1-3-5-14-9-8-13(10-17(14)26-2)12-27-18(23)11-15-6-4-7-16-19(15)21(25)22-20(16)24/h3-4,6-10H,1,5,11-12H2,2H3,(H,22,24,25). The van der Waals surface area contributed by atoms with E-state index in [0.29, 0.717) is 17.7 Å². The molecule has 0 aliphatic carbocycles. The largest absolute Gasteiger partial charge is 0.496 e. The molecule has 6 nitrogen and oxygen atoms in total. The van der Waals surface area contributed by atoms with Crippen LogP contribution < -0.4 is 10.1 Å². The predicted molar refractivity (Wildman–Crippen MR) is 98.6 cm³/mol. The van der Waals surface area contributed by atoms with Gasteiger partial charge in [-0.2, -0.15) is 0 Å². The van der Waals surface area contributed by atoms with Gasteiger partial charge < -0.3 is 9.47 Å². The minimum absolute atomic E-state index is 0.0870. The van der Waals surface area contributed by atoms with Crippen molar-refractivity contribution in [3.05, 3.63) is 76.9 Å². The van der Waals surface area contributed by atoms with Crippen LogP contribution in [0.2, 0.25) is 0 Å². The van der Waals surface area contributed by atoms with Gasteiger partial charge in [-0.05, 0) is 35.2 Å². The van der Waals surface area contributed by atoms with Crippen LogP contribution in [0.1, 0.15) is 37.4 Å². The van der Waals surface area contributed by atoms with Crippen molar-refractivity contribution < 1.29 is 23.9 Å². The average molecular weight is 365 g/mol. The average Bonchev–Trinajstić information content (AvgIpc) is 2.96. The third kappa shape index (κ3) is 3.89. The Bertz CT molecular complexity index is 932. The van der Waals surface area contributed by atoms with Crippen LogP contribution in [-0.4, -0.2) is 24.9 Å². The Morgan fingerprint density at radius 3 is 2.70 bits per heavy atom. The number of esters is 1. The SMILES string of the molecule is C=CCc1ccc(COC(=O)Cc2cccc3c2C(=O)NC3=O)cc1OC. The van der Waals surface area contributed by atoms with Gasteiger partial charge in [0.15, 0.2) is 0 Å². The van der Waals surface area contributed by atoms with Gasteiger partial charge in [0.2, 0.25) is 0 Å². The van der Waals surface area contributed by atoms with Crippen molar-refractivity contribution in [1.82, 2.24) is 5.32 Å². The van der Waals surface area contributed by atoms with Crippen LogP contribution in [0.3, 0.4) is 0 Å². The number of hydrogen-bond donors (Lipinski definition) is 1. The van der Waals surface area contributed by atoms with E-state index in [1.165, 1.54) is 0 Å². The lowest BCUT2D eigenvalue weighted by Gasteiger charge is -2.11. The molecule has 1 aliphatic heterocycles. The van der Waals surface area contributed by atoms with E-state index in [1.807, 2.05) is 18.2 Å². The molecular weight excluding hydrogens is 346 g/mol. The molecule has 0 spiro atoms. The minimum atomic E-state index is -0.485. The first-order valence-electron chi connectivity index (χ1n) is 8.43. The van der Waals surface area contributed by atoms with E-state index < -0.39 is 17.8 Å². The second-order valence-electron chi connectivity index (χ2n) is 6.10. The lowest BCUT2D eigenvalue weighted by Crippen LogP contribution is -2.20. The topological polar surface area (TPSA) is 81.7 Å². The van der Waals surface area contributed by atoms with Crippen LogP contribution in [0.15, 0.2) is 49.1 Å². The van der Waals surface area contributed by atoms with Gasteiger partial charge in [-0.25, -0.2) is 0 Å². The number of allylic oxidation sites excluding steroid dienone is 1. The van der Waals surface area contributed by atoms with E-state index in [4.69, 9.17) is 9.47 Å². The second-order valence-corrected chi connectivity index (χ2v) is 6.10. The van der Waals surface area contributed by atoms with Gasteiger partial charge in [-0.1, -0.05) is 30.3 Å². The summed E-state index contributed by atoms with van der Waals surface area (Å²) >= 11 is 0. The molecule has 0 unspecified atom stereocenters. The second kappa shape index (κ2) is 7.86. The summed E-state index contributed by atoms with van der Waals surface area (Å²) < 4.78 is 10.7. The van der Waals surface area contributed by atoms with Crippen molar-refractivity contribution in [2.75, 3.05) is 7.11 Å². The molecule has 1 N–H and O–H groups in total. The molecule has 2 amide bonds. The van der Waals surface area contributed by atoms with E-state index in [9.17, 15) is 14.4 Å². The highest BCUT2D eigenvalue weighted by atomic mass is 16.5. The summed E-state index contributed by atoms with van der Waals surface area (Å²) in [6, 6.07) is 10.4. The number of carbonyl (C=O) groups is 3. The molecule has 27 heavy (non-hydrogen) atoms. The summed E-state index contributed by atoms with van der Waals surface area (Å²) in [5.74, 6) is -0.706. The first-order chi connectivity index (χ1) is 13.0. The quantitative estimate of drug-likeness (QED) is 0.463. The number of hydrogen-bond acceptors (Lipinski definition) is 5. The molecule has 0 atom stereocenters. The highest BCUT2D eigenvalue weighted by Gasteiger charge is 2.29. The molecule has 6 heteroatoms. The van der Waals surface area contributed by atoms with Gasteiger partial charge >= 0.3 is 5.97 Å². The number of carbonyl (C=O) groups excluding carboxylic acids is 3. The van der Waals surface area contributed by atoms with Crippen LogP contribution in [0.25, 0.3) is 0 Å². The molecule has 0 radical (unpaired) electrons. The van der Waals surface area contributed by atoms with Gasteiger partial charge in [0.25, 0.3) is 11.8 Å². The molecule has 2 aromatic rings. The van der Waals surface area contributed by atoms with Gasteiger partial charge in [-0.3, -0.25) is 19.7 Å². The number of amides is 2. The number of benzene rings is 2. The lowest BCUT2D eigenvalue weighted by atomic mass is 10.0. The van der Waals surface area contributed by atoms with Gasteiger partial charge in [0.1, 0.15) is 12.4 Å². The zero-order chi connectivity index (χ0) is 19.4. The Morgan fingerprint density at radius 2 is 1.96 bits per heavy atom. The maximum Gasteiger partial charge on any atom is 0.310 e. The number of nitrogens with one attached hydrogen (secondary N) is 1. The van der Waals surface area contributed by atoms with Crippen molar-refractivity contribution in [3.8, 4) is 5.75 Å². The molecule has 0 aromatic heterocycles. The van der Waals surface area contributed by atoms with E-state index in [-0.39, 0.29) is 24.2 Å². The number of ether oxygens (including phenoxy) is 2. The smallest absolute Gasteiger partial charge is 0.310 e. The maximum atomic E-state index is 12.2. The number of fused-ring (bicyclic) bond motifs is 1. The van der Waals surface area contributed by atoms with Crippen LogP contribution in [-0.2, 0) is 29.0 Å². The maximum absolute atomic E-state index is 12.2. The van der Waals surface area contributed by atoms with Gasteiger partial charge in [-0.15, -0.1) is 6.58 Å². The molecule has 2 aromatic carbocycles. The fourth-order valence-electron chi connectivity index (χ4n) is 3.01. The highest BCUT2D eigenvalue weighted by molar-refractivity contribution is 6.22. The summed E-state index contributed by atoms with van der Waals surface area (Å²) in [6.45, 7) is 3.80. The third-order valence-electron chi connectivity index (χ3n) is 4.30. The third-order valence-corrected chi connectivity index (χ3v) is 4.30. The summed E-state index contributed by atoms with van der Waals surface area (Å²) in [6.07, 6.45) is 2.38. The zero-order valence-corrected chi connectivity index (χ0v) is 14.9. The van der Waals surface area contributed by atoms with Crippen LogP contribution in [0.4, 0.5) is 0 Å². The van der Waals surface area contributed by atoms with Crippen LogP contribution in [0, 0.1) is 0 Å². The van der Waals surface area contributed by atoms with Crippen LogP contribution >= 0.6 is 0 Å². The summed E-state index contributed by atoms with van der Waals surface area (Å²) in [5, 5.41) is 2.23. The molecule has 0 bridgehead atoms. The summed E-state index contributed by atoms with van der Waals surface area (Å²) in [7, 11) is 1.58. The Hall–Kier alpha value is -3.41. The van der Waals surface area contributed by atoms with Crippen LogP contribution in [0.5, 0.6) is 5.75 Å². The van der Waals surface area contributed by atoms with Gasteiger partial charge in [0.05, 0.1) is 24.7 Å². The van der Waals surface area contributed by atoms with E-state index in [0.717, 1.165) is 11.1 Å². The first-order valence-corrected chi connectivity index (χ1v) is 8.43. The van der Waals surface area contributed by atoms with Gasteiger partial charge in [0, 0.05) is 0 Å². The Morgan fingerprint density at radius 1 is 1.15 bits per heavy atom. The first kappa shape index (κ1) is 18.4. The highest BCUT2D eigenvalue weighted by Crippen LogP contribution is 2.23. The number of rotatable bonds is 7. The Balaban J connectivity index is 1.67. The normalized spacial score (nSPS) is 12.3. The van der Waals surface area contributed by atoms with Crippen molar-refractivity contribution >= 4 is 17.8 Å². The minimum Gasteiger partial charge on any atom is -0.496 e. The van der Waals surface area contributed by atoms with Crippen molar-refractivity contribution in [1.29, 1.82) is 0 Å². The number of imide groups is 1. The molecule has 138 valence electrons. The molecular formula is C21H19NO5. The fourth-order valence-corrected chi connectivity index (χ4v) is 3.01. The zero-order valence-electron chi connectivity index (χ0n) is 14.9. The Kier molecular flexibility index (Phi) is 5.35. The van der Waals surface area contributed by atoms with E-state index in [1.54, 1.807) is 31.4 Å². The molecule has 3 rings (SSSR count). The Labute approximate surface area is 156 Å². The monoisotopic (exact) mass is 365 g/mol. The predicted octanol–water partition coefficient (Wildman–Crippen LogP) is 2.59. The molecule has 1 aliphatic rings. The number of methoxy groups -OCH3 is 1. The lowest BCUT2D eigenvalue weighted by molar-refractivity contribution is -0.144. The molecule has 0 fully saturated rings. The van der Waals surface area contributed by atoms with Crippen molar-refractivity contribution in [2.45, 2.75) is 19.4 Å². The van der Waals surface area contributed by atoms with Crippen molar-refractivity contribution in [2.24, 2.45) is 0 Å². The van der Waals surface area contributed by atoms with Crippen molar-refractivity contribution in [3.63, 3.8) is 0 Å². The summed E-state index contributed by atoms with van der Waals surface area (Å²) in [5.41, 5.74) is 2.79. The molecule has 0 saturated heterocycles. The molecule has 1 heterocycles. The van der Waals surface area contributed by atoms with E-state index >= 15 is 0 Å². The van der Waals surface area contributed by atoms with E-state index in [2.05, 4.69) is 11.9 Å². The fraction of sp³-hybridized carbons (Fsp3) is 0.190. The summed E-state index contributed by atoms with van der Waals surface area (Å²) in [4.78, 5) is 35.8. The molecule has 0 saturated carbocycles.